The van der Waals surface area contributed by atoms with Gasteiger partial charge in [0, 0.05) is 44.7 Å². The third-order valence-electron chi connectivity index (χ3n) is 5.69. The van der Waals surface area contributed by atoms with Gasteiger partial charge in [-0.15, -0.1) is 0 Å². The summed E-state index contributed by atoms with van der Waals surface area (Å²) < 4.78 is 5.63. The first kappa shape index (κ1) is 17.7. The largest absolute Gasteiger partial charge is 0.376 e. The minimum Gasteiger partial charge on any atom is -0.376 e. The quantitative estimate of drug-likeness (QED) is 0.770. The Hall–Kier alpha value is -1.14. The van der Waals surface area contributed by atoms with Crippen LogP contribution in [-0.2, 0) is 14.3 Å². The molecule has 0 aromatic carbocycles. The summed E-state index contributed by atoms with van der Waals surface area (Å²) >= 11 is 0. The molecule has 0 unspecified atom stereocenters. The molecule has 24 heavy (non-hydrogen) atoms. The Morgan fingerprint density at radius 2 is 1.67 bits per heavy atom. The molecule has 0 aliphatic carbocycles. The molecule has 0 N–H and O–H groups in total. The normalized spacial score (nSPS) is 29.9. The number of carbonyl (C=O) groups excluding carboxylic acids is 2. The van der Waals surface area contributed by atoms with E-state index in [4.69, 9.17) is 4.74 Å². The number of hydrogen-bond acceptors (Lipinski definition) is 4. The van der Waals surface area contributed by atoms with Crippen LogP contribution in [0, 0.1) is 5.92 Å². The highest BCUT2D eigenvalue weighted by molar-refractivity contribution is 5.81. The molecule has 3 fully saturated rings. The molecule has 136 valence electrons. The van der Waals surface area contributed by atoms with Crippen molar-refractivity contribution in [2.75, 3.05) is 45.9 Å². The van der Waals surface area contributed by atoms with Gasteiger partial charge in [0.15, 0.2) is 0 Å². The first-order valence-corrected chi connectivity index (χ1v) is 9.47. The summed E-state index contributed by atoms with van der Waals surface area (Å²) in [6, 6.07) is 0.291. The third kappa shape index (κ3) is 4.09. The summed E-state index contributed by atoms with van der Waals surface area (Å²) in [7, 11) is 0. The monoisotopic (exact) mass is 337 g/mol. The van der Waals surface area contributed by atoms with Gasteiger partial charge in [0.25, 0.3) is 0 Å². The molecule has 3 heterocycles. The van der Waals surface area contributed by atoms with Crippen LogP contribution in [0.15, 0.2) is 0 Å². The second kappa shape index (κ2) is 7.83. The number of piperidine rings is 1. The predicted molar refractivity (Wildman–Crippen MR) is 91.6 cm³/mol. The fraction of sp³-hybridized carbons (Fsp3) is 0.889. The van der Waals surface area contributed by atoms with Gasteiger partial charge in [-0.2, -0.15) is 0 Å². The molecule has 3 rings (SSSR count). The van der Waals surface area contributed by atoms with E-state index in [1.807, 2.05) is 9.80 Å². The van der Waals surface area contributed by atoms with Crippen LogP contribution in [-0.4, -0.2) is 84.5 Å². The summed E-state index contributed by atoms with van der Waals surface area (Å²) in [5.74, 6) is 0.632. The average Bonchev–Trinajstić information content (AvgIpc) is 3.12. The van der Waals surface area contributed by atoms with Crippen LogP contribution >= 0.6 is 0 Å². The van der Waals surface area contributed by atoms with Crippen molar-refractivity contribution >= 4 is 11.8 Å². The van der Waals surface area contributed by atoms with Crippen LogP contribution in [0.3, 0.4) is 0 Å². The topological polar surface area (TPSA) is 53.1 Å². The minimum absolute atomic E-state index is 0.120. The Morgan fingerprint density at radius 3 is 2.33 bits per heavy atom. The molecule has 0 radical (unpaired) electrons. The Bertz CT molecular complexity index is 456. The van der Waals surface area contributed by atoms with Gasteiger partial charge in [-0.3, -0.25) is 14.5 Å². The number of rotatable bonds is 3. The molecule has 6 heteroatoms. The van der Waals surface area contributed by atoms with Crippen molar-refractivity contribution in [1.82, 2.24) is 14.7 Å². The molecule has 2 amide bonds. The van der Waals surface area contributed by atoms with Gasteiger partial charge in [0.05, 0.1) is 19.3 Å². The highest BCUT2D eigenvalue weighted by atomic mass is 16.5. The highest BCUT2D eigenvalue weighted by Gasteiger charge is 2.32. The summed E-state index contributed by atoms with van der Waals surface area (Å²) in [6.07, 6.45) is 4.10. The maximum atomic E-state index is 12.6. The van der Waals surface area contributed by atoms with Crippen molar-refractivity contribution in [3.05, 3.63) is 0 Å². The Labute approximate surface area is 145 Å². The van der Waals surface area contributed by atoms with Crippen molar-refractivity contribution in [3.63, 3.8) is 0 Å². The smallest absolute Gasteiger partial charge is 0.236 e. The van der Waals surface area contributed by atoms with E-state index >= 15 is 0 Å². The van der Waals surface area contributed by atoms with Crippen LogP contribution in [0.2, 0.25) is 0 Å². The molecule has 0 bridgehead atoms. The van der Waals surface area contributed by atoms with Gasteiger partial charge >= 0.3 is 0 Å². The lowest BCUT2D eigenvalue weighted by Gasteiger charge is -2.38. The zero-order chi connectivity index (χ0) is 17.1. The zero-order valence-electron chi connectivity index (χ0n) is 15.1. The summed E-state index contributed by atoms with van der Waals surface area (Å²) in [6.45, 7) is 9.43. The molecular formula is C18H31N3O3. The average molecular weight is 337 g/mol. The number of nitrogens with zero attached hydrogens (tertiary/aromatic N) is 3. The number of likely N-dealkylation sites (tertiary alicyclic amines) is 2. The van der Waals surface area contributed by atoms with E-state index in [1.54, 1.807) is 0 Å². The molecular weight excluding hydrogens is 306 g/mol. The maximum absolute atomic E-state index is 12.6. The van der Waals surface area contributed by atoms with E-state index in [0.29, 0.717) is 25.1 Å². The molecule has 0 spiro atoms. The highest BCUT2D eigenvalue weighted by Crippen LogP contribution is 2.22. The van der Waals surface area contributed by atoms with Crippen molar-refractivity contribution in [2.45, 2.75) is 51.7 Å². The predicted octanol–water partition coefficient (Wildman–Crippen LogP) is 0.957. The van der Waals surface area contributed by atoms with Crippen LogP contribution in [0.25, 0.3) is 0 Å². The molecule has 2 atom stereocenters. The van der Waals surface area contributed by atoms with Crippen LogP contribution in [0.4, 0.5) is 0 Å². The molecule has 6 nitrogen and oxygen atoms in total. The van der Waals surface area contributed by atoms with Crippen LogP contribution in [0.5, 0.6) is 0 Å². The molecule has 3 saturated heterocycles. The molecule has 3 aliphatic rings. The van der Waals surface area contributed by atoms with Gasteiger partial charge in [-0.1, -0.05) is 0 Å². The summed E-state index contributed by atoms with van der Waals surface area (Å²) in [5.41, 5.74) is 0. The molecule has 3 aliphatic heterocycles. The standard InChI is InChI=1S/C18H31N3O3/c1-14-13-24-15(2)11-21(14)12-17(22)19-9-5-16(6-10-19)18(23)20-7-3-4-8-20/h14-16H,3-13H2,1-2H3/t14-,15+/m0/s1. The SMILES string of the molecule is C[C@@H]1CN(CC(=O)N2CCC(C(=O)N3CCCC3)CC2)[C@@H](C)CO1. The zero-order valence-corrected chi connectivity index (χ0v) is 15.1. The number of amides is 2. The molecule has 0 aromatic rings. The van der Waals surface area contributed by atoms with E-state index < -0.39 is 0 Å². The first-order chi connectivity index (χ1) is 11.5. The fourth-order valence-corrected chi connectivity index (χ4v) is 4.04. The van der Waals surface area contributed by atoms with E-state index in [0.717, 1.165) is 58.4 Å². The van der Waals surface area contributed by atoms with Gasteiger partial charge in [-0.05, 0) is 39.5 Å². The second-order valence-electron chi connectivity index (χ2n) is 7.61. The number of carbonyl (C=O) groups is 2. The number of morpholine rings is 1. The minimum atomic E-state index is 0.120. The fourth-order valence-electron chi connectivity index (χ4n) is 4.04. The Kier molecular flexibility index (Phi) is 5.76. The van der Waals surface area contributed by atoms with E-state index in [1.165, 1.54) is 0 Å². The van der Waals surface area contributed by atoms with E-state index in [9.17, 15) is 9.59 Å². The first-order valence-electron chi connectivity index (χ1n) is 9.47. The number of ether oxygens (including phenoxy) is 1. The van der Waals surface area contributed by atoms with Gasteiger partial charge in [-0.25, -0.2) is 0 Å². The van der Waals surface area contributed by atoms with E-state index in [2.05, 4.69) is 18.7 Å². The van der Waals surface area contributed by atoms with Crippen LogP contribution < -0.4 is 0 Å². The van der Waals surface area contributed by atoms with Gasteiger partial charge in [0.2, 0.25) is 11.8 Å². The van der Waals surface area contributed by atoms with E-state index in [-0.39, 0.29) is 17.9 Å². The maximum Gasteiger partial charge on any atom is 0.236 e. The number of hydrogen-bond donors (Lipinski definition) is 0. The third-order valence-corrected chi connectivity index (χ3v) is 5.69. The lowest BCUT2D eigenvalue weighted by molar-refractivity contribution is -0.142. The molecule has 0 saturated carbocycles. The van der Waals surface area contributed by atoms with Crippen molar-refractivity contribution in [3.8, 4) is 0 Å². The van der Waals surface area contributed by atoms with Crippen molar-refractivity contribution < 1.29 is 14.3 Å². The lowest BCUT2D eigenvalue weighted by atomic mass is 9.95. The Balaban J connectivity index is 1.45. The second-order valence-corrected chi connectivity index (χ2v) is 7.61. The van der Waals surface area contributed by atoms with Crippen molar-refractivity contribution in [1.29, 1.82) is 0 Å². The molecule has 0 aromatic heterocycles. The van der Waals surface area contributed by atoms with Gasteiger partial charge in [0.1, 0.15) is 0 Å². The van der Waals surface area contributed by atoms with Crippen molar-refractivity contribution in [2.24, 2.45) is 5.92 Å². The summed E-state index contributed by atoms with van der Waals surface area (Å²) in [4.78, 5) is 31.3. The summed E-state index contributed by atoms with van der Waals surface area (Å²) in [5, 5.41) is 0. The van der Waals surface area contributed by atoms with Gasteiger partial charge < -0.3 is 14.5 Å². The van der Waals surface area contributed by atoms with Crippen LogP contribution in [0.1, 0.15) is 39.5 Å². The lowest BCUT2D eigenvalue weighted by Crippen LogP contribution is -2.52. The Morgan fingerprint density at radius 1 is 1.00 bits per heavy atom.